The topological polar surface area (TPSA) is 12.4 Å². The van der Waals surface area contributed by atoms with Gasteiger partial charge in [-0.2, -0.15) is 0 Å². The molecule has 0 aliphatic carbocycles. The Morgan fingerprint density at radius 1 is 1.46 bits per heavy atom. The van der Waals surface area contributed by atoms with Crippen LogP contribution in [-0.2, 0) is 0 Å². The lowest BCUT2D eigenvalue weighted by Crippen LogP contribution is -1.97. The fourth-order valence-electron chi connectivity index (χ4n) is 1.39. The van der Waals surface area contributed by atoms with Gasteiger partial charge >= 0.3 is 0 Å². The molecule has 1 aliphatic heterocycles. The molecule has 0 unspecified atom stereocenters. The van der Waals surface area contributed by atoms with Gasteiger partial charge in [0.05, 0.1) is 0 Å². The SMILES string of the molecule is CCC1=NC=C(C(C)C)CCC=C1. The summed E-state index contributed by atoms with van der Waals surface area (Å²) in [5.74, 6) is 0.633. The van der Waals surface area contributed by atoms with Crippen molar-refractivity contribution in [2.75, 3.05) is 0 Å². The van der Waals surface area contributed by atoms with Gasteiger partial charge in [-0.25, -0.2) is 0 Å². The number of hydrogen-bond acceptors (Lipinski definition) is 1. The van der Waals surface area contributed by atoms with Crippen LogP contribution >= 0.6 is 0 Å². The van der Waals surface area contributed by atoms with E-state index in [1.165, 1.54) is 11.3 Å². The summed E-state index contributed by atoms with van der Waals surface area (Å²) < 4.78 is 0. The van der Waals surface area contributed by atoms with Crippen molar-refractivity contribution in [3.05, 3.63) is 23.9 Å². The van der Waals surface area contributed by atoms with Gasteiger partial charge in [0.2, 0.25) is 0 Å². The predicted octanol–water partition coefficient (Wildman–Crippen LogP) is 3.73. The fraction of sp³-hybridized carbons (Fsp3) is 0.583. The third kappa shape index (κ3) is 3.17. The molecule has 72 valence electrons. The van der Waals surface area contributed by atoms with Crippen LogP contribution in [0.1, 0.15) is 40.0 Å². The van der Waals surface area contributed by atoms with Gasteiger partial charge < -0.3 is 0 Å². The van der Waals surface area contributed by atoms with Crippen LogP contribution in [0.3, 0.4) is 0 Å². The van der Waals surface area contributed by atoms with Crippen molar-refractivity contribution in [3.8, 4) is 0 Å². The summed E-state index contributed by atoms with van der Waals surface area (Å²) in [6, 6.07) is 0. The summed E-state index contributed by atoms with van der Waals surface area (Å²) in [6.07, 6.45) is 9.79. The summed E-state index contributed by atoms with van der Waals surface area (Å²) in [5, 5.41) is 0. The Kier molecular flexibility index (Phi) is 3.94. The van der Waals surface area contributed by atoms with Gasteiger partial charge in [-0.05, 0) is 36.8 Å². The van der Waals surface area contributed by atoms with Gasteiger partial charge in [0.15, 0.2) is 0 Å². The Balaban J connectivity index is 2.80. The van der Waals surface area contributed by atoms with Gasteiger partial charge in [-0.3, -0.25) is 4.99 Å². The maximum Gasteiger partial charge on any atom is 0.0397 e. The summed E-state index contributed by atoms with van der Waals surface area (Å²) in [5.41, 5.74) is 2.66. The summed E-state index contributed by atoms with van der Waals surface area (Å²) >= 11 is 0. The van der Waals surface area contributed by atoms with E-state index in [0.29, 0.717) is 5.92 Å². The Morgan fingerprint density at radius 3 is 2.85 bits per heavy atom. The molecule has 0 saturated carbocycles. The predicted molar refractivity (Wildman–Crippen MR) is 59.0 cm³/mol. The molecule has 1 heteroatoms. The van der Waals surface area contributed by atoms with E-state index in [2.05, 4.69) is 44.1 Å². The number of allylic oxidation sites excluding steroid dienone is 3. The average Bonchev–Trinajstić information content (AvgIpc) is 2.03. The highest BCUT2D eigenvalue weighted by atomic mass is 14.7. The lowest BCUT2D eigenvalue weighted by molar-refractivity contribution is 0.710. The Labute approximate surface area is 81.3 Å². The van der Waals surface area contributed by atoms with E-state index in [9.17, 15) is 0 Å². The van der Waals surface area contributed by atoms with Gasteiger partial charge in [0, 0.05) is 11.9 Å². The maximum absolute atomic E-state index is 4.47. The number of hydrogen-bond donors (Lipinski definition) is 0. The maximum atomic E-state index is 4.47. The van der Waals surface area contributed by atoms with E-state index < -0.39 is 0 Å². The lowest BCUT2D eigenvalue weighted by Gasteiger charge is -2.10. The fourth-order valence-corrected chi connectivity index (χ4v) is 1.39. The minimum Gasteiger partial charge on any atom is -0.261 e. The second-order valence-corrected chi connectivity index (χ2v) is 3.77. The minimum atomic E-state index is 0.633. The zero-order valence-electron chi connectivity index (χ0n) is 8.88. The molecule has 0 saturated heterocycles. The van der Waals surface area contributed by atoms with Crippen LogP contribution in [-0.4, -0.2) is 5.71 Å². The largest absolute Gasteiger partial charge is 0.261 e. The molecule has 0 amide bonds. The van der Waals surface area contributed by atoms with E-state index >= 15 is 0 Å². The zero-order valence-corrected chi connectivity index (χ0v) is 8.88. The number of aliphatic imine (C=N–C) groups is 1. The molecule has 0 bridgehead atoms. The van der Waals surface area contributed by atoms with Gasteiger partial charge in [-0.1, -0.05) is 26.8 Å². The molecule has 1 aliphatic rings. The summed E-state index contributed by atoms with van der Waals surface area (Å²) in [7, 11) is 0. The van der Waals surface area contributed by atoms with E-state index in [4.69, 9.17) is 0 Å². The molecule has 1 rings (SSSR count). The van der Waals surface area contributed by atoms with Gasteiger partial charge in [-0.15, -0.1) is 0 Å². The van der Waals surface area contributed by atoms with Gasteiger partial charge in [0.25, 0.3) is 0 Å². The Morgan fingerprint density at radius 2 is 2.23 bits per heavy atom. The van der Waals surface area contributed by atoms with Crippen molar-refractivity contribution in [1.82, 2.24) is 0 Å². The number of nitrogens with zero attached hydrogens (tertiary/aromatic N) is 1. The monoisotopic (exact) mass is 177 g/mol. The molecule has 0 aromatic carbocycles. The van der Waals surface area contributed by atoms with E-state index in [1.807, 2.05) is 0 Å². The smallest absolute Gasteiger partial charge is 0.0397 e. The molecule has 1 heterocycles. The van der Waals surface area contributed by atoms with E-state index in [0.717, 1.165) is 19.3 Å². The Hall–Kier alpha value is -0.850. The molecule has 0 atom stereocenters. The molecule has 13 heavy (non-hydrogen) atoms. The molecule has 1 nitrogen and oxygen atoms in total. The van der Waals surface area contributed by atoms with Crippen molar-refractivity contribution in [2.45, 2.75) is 40.0 Å². The molecular weight excluding hydrogens is 158 g/mol. The van der Waals surface area contributed by atoms with Crippen LogP contribution in [0.25, 0.3) is 0 Å². The molecule has 0 fully saturated rings. The Bertz CT molecular complexity index is 244. The van der Waals surface area contributed by atoms with Crippen molar-refractivity contribution < 1.29 is 0 Å². The van der Waals surface area contributed by atoms with Crippen LogP contribution in [0.2, 0.25) is 0 Å². The van der Waals surface area contributed by atoms with Crippen LogP contribution in [0.4, 0.5) is 0 Å². The lowest BCUT2D eigenvalue weighted by atomic mass is 9.98. The second kappa shape index (κ2) is 5.00. The van der Waals surface area contributed by atoms with Crippen molar-refractivity contribution >= 4 is 5.71 Å². The first-order valence-electron chi connectivity index (χ1n) is 5.16. The highest BCUT2D eigenvalue weighted by Gasteiger charge is 2.03. The molecule has 0 N–H and O–H groups in total. The normalized spacial score (nSPS) is 17.8. The number of rotatable bonds is 2. The molecule has 0 aromatic rings. The first-order valence-corrected chi connectivity index (χ1v) is 5.16. The van der Waals surface area contributed by atoms with Crippen LogP contribution in [0.5, 0.6) is 0 Å². The van der Waals surface area contributed by atoms with E-state index in [-0.39, 0.29) is 0 Å². The molecular formula is C12H19N. The quantitative estimate of drug-likeness (QED) is 0.609. The van der Waals surface area contributed by atoms with Crippen molar-refractivity contribution in [1.29, 1.82) is 0 Å². The molecule has 0 radical (unpaired) electrons. The average molecular weight is 177 g/mol. The highest BCUT2D eigenvalue weighted by Crippen LogP contribution is 2.17. The first kappa shape index (κ1) is 10.2. The zero-order chi connectivity index (χ0) is 9.68. The minimum absolute atomic E-state index is 0.633. The van der Waals surface area contributed by atoms with Crippen molar-refractivity contribution in [3.63, 3.8) is 0 Å². The third-order valence-electron chi connectivity index (χ3n) is 2.41. The van der Waals surface area contributed by atoms with Crippen LogP contribution in [0.15, 0.2) is 28.9 Å². The molecule has 0 spiro atoms. The second-order valence-electron chi connectivity index (χ2n) is 3.77. The third-order valence-corrected chi connectivity index (χ3v) is 2.41. The van der Waals surface area contributed by atoms with E-state index in [1.54, 1.807) is 0 Å². The summed E-state index contributed by atoms with van der Waals surface area (Å²) in [4.78, 5) is 4.47. The van der Waals surface area contributed by atoms with Crippen molar-refractivity contribution in [2.24, 2.45) is 10.9 Å². The highest BCUT2D eigenvalue weighted by molar-refractivity contribution is 5.95. The van der Waals surface area contributed by atoms with Crippen LogP contribution in [0, 0.1) is 5.92 Å². The summed E-state index contributed by atoms with van der Waals surface area (Å²) in [6.45, 7) is 6.62. The molecule has 0 aromatic heterocycles. The van der Waals surface area contributed by atoms with Gasteiger partial charge in [0.1, 0.15) is 0 Å². The first-order chi connectivity index (χ1) is 6.24. The van der Waals surface area contributed by atoms with Crippen LogP contribution < -0.4 is 0 Å². The standard InChI is InChI=1S/C12H19N/c1-4-12-8-6-5-7-11(9-13-12)10(2)3/h6,8-10H,4-5,7H2,1-3H3.